The number of aryl methyl sites for hydroxylation is 2. The van der Waals surface area contributed by atoms with Crippen molar-refractivity contribution in [1.82, 2.24) is 0 Å². The van der Waals surface area contributed by atoms with E-state index < -0.39 is 0 Å². The summed E-state index contributed by atoms with van der Waals surface area (Å²) in [5.74, 6) is 0. The van der Waals surface area contributed by atoms with E-state index in [1.165, 1.54) is 60.8 Å². The SMILES string of the molecule is CC1=C(C)C[C-]=C1.Cc1ccccc1[C](=[Zr+2])c1ccccc1C.Cl.Cl.[C-]1=CC=CC1. The molecule has 3 heteroatoms. The van der Waals surface area contributed by atoms with Crippen molar-refractivity contribution >= 4 is 28.0 Å². The fraction of sp³-hybridized carbons (Fsp3) is 0.222. The van der Waals surface area contributed by atoms with Gasteiger partial charge in [0.25, 0.3) is 0 Å². The average molecular weight is 517 g/mol. The molecule has 2 aromatic rings. The molecule has 0 radical (unpaired) electrons. The summed E-state index contributed by atoms with van der Waals surface area (Å²) >= 11 is 1.47. The molecule has 0 atom stereocenters. The van der Waals surface area contributed by atoms with Crippen LogP contribution < -0.4 is 0 Å². The van der Waals surface area contributed by atoms with E-state index in [-0.39, 0.29) is 24.8 Å². The Labute approximate surface area is 210 Å². The van der Waals surface area contributed by atoms with Gasteiger partial charge in [0.2, 0.25) is 0 Å². The molecule has 0 fully saturated rings. The molecule has 0 unspecified atom stereocenters. The quantitative estimate of drug-likeness (QED) is 0.360. The van der Waals surface area contributed by atoms with Crippen LogP contribution in [-0.4, -0.2) is 3.21 Å². The maximum Gasteiger partial charge on any atom is -0.109 e. The summed E-state index contributed by atoms with van der Waals surface area (Å²) < 4.78 is 1.45. The van der Waals surface area contributed by atoms with Crippen LogP contribution >= 0.6 is 24.8 Å². The standard InChI is InChI=1S/C15H14.C7H9.C5H5.2ClH.Zr/c1-12-7-3-5-9-14(12)11-15-10-6-4-8-13(15)2;1-6-4-3-5-7(6)2;1-2-4-5-3-1;;;/h3-10H,1-2H3;4H,5H2,1-2H3;1-3H,4H2;2*1H;/q;2*-1;;;+2. The van der Waals surface area contributed by atoms with Gasteiger partial charge < -0.3 is 0 Å². The molecule has 2 aromatic carbocycles. The molecule has 4 rings (SSSR count). The van der Waals surface area contributed by atoms with E-state index in [0.717, 1.165) is 12.8 Å². The molecular weight excluding hydrogens is 486 g/mol. The Morgan fingerprint density at radius 1 is 0.800 bits per heavy atom. The van der Waals surface area contributed by atoms with E-state index in [0.29, 0.717) is 0 Å². The first kappa shape index (κ1) is 28.7. The van der Waals surface area contributed by atoms with Crippen molar-refractivity contribution in [1.29, 1.82) is 0 Å². The first-order valence-corrected chi connectivity index (χ1v) is 10.9. The number of hydrogen-bond donors (Lipinski definition) is 0. The summed E-state index contributed by atoms with van der Waals surface area (Å²) in [6.07, 6.45) is 16.2. The molecule has 0 bridgehead atoms. The van der Waals surface area contributed by atoms with Crippen LogP contribution in [0.2, 0.25) is 0 Å². The zero-order chi connectivity index (χ0) is 20.4. The second kappa shape index (κ2) is 15.5. The Morgan fingerprint density at radius 2 is 1.33 bits per heavy atom. The van der Waals surface area contributed by atoms with Crippen molar-refractivity contribution in [3.05, 3.63) is 118 Å². The summed E-state index contributed by atoms with van der Waals surface area (Å²) in [7, 11) is 0. The minimum absolute atomic E-state index is 0. The Hall–Kier alpha value is -1.27. The number of benzene rings is 2. The third kappa shape index (κ3) is 9.26. The number of halogens is 2. The van der Waals surface area contributed by atoms with Gasteiger partial charge in [0.15, 0.2) is 0 Å². The molecule has 0 heterocycles. The van der Waals surface area contributed by atoms with E-state index >= 15 is 0 Å². The topological polar surface area (TPSA) is 0 Å². The zero-order valence-electron chi connectivity index (χ0n) is 18.2. The molecule has 2 aliphatic rings. The first-order valence-electron chi connectivity index (χ1n) is 9.66. The molecule has 0 saturated heterocycles. The predicted octanol–water partition coefficient (Wildman–Crippen LogP) is 7.65. The summed E-state index contributed by atoms with van der Waals surface area (Å²) in [6.45, 7) is 8.62. The smallest absolute Gasteiger partial charge is 0.109 e. The summed E-state index contributed by atoms with van der Waals surface area (Å²) in [6, 6.07) is 17.2. The van der Waals surface area contributed by atoms with E-state index in [1.807, 2.05) is 12.2 Å². The van der Waals surface area contributed by atoms with Gasteiger partial charge in [-0.1, -0.05) is 6.92 Å². The zero-order valence-corrected chi connectivity index (χ0v) is 22.2. The third-order valence-electron chi connectivity index (χ3n) is 4.77. The monoisotopic (exact) mass is 514 g/mol. The summed E-state index contributed by atoms with van der Waals surface area (Å²) in [4.78, 5) is 0. The first-order chi connectivity index (χ1) is 13.5. The minimum atomic E-state index is 0. The van der Waals surface area contributed by atoms with Crippen LogP contribution in [0.3, 0.4) is 0 Å². The van der Waals surface area contributed by atoms with Gasteiger partial charge in [-0.3, -0.25) is 12.2 Å². The van der Waals surface area contributed by atoms with Gasteiger partial charge in [0.1, 0.15) is 0 Å². The Bertz CT molecular complexity index is 876. The van der Waals surface area contributed by atoms with Crippen LogP contribution in [0.15, 0.2) is 84.0 Å². The van der Waals surface area contributed by atoms with Crippen molar-refractivity contribution in [2.45, 2.75) is 40.5 Å². The number of allylic oxidation sites excluding steroid dienone is 8. The van der Waals surface area contributed by atoms with Gasteiger partial charge in [-0.25, -0.2) is 23.8 Å². The molecule has 0 aromatic heterocycles. The van der Waals surface area contributed by atoms with Crippen molar-refractivity contribution in [3.8, 4) is 0 Å². The van der Waals surface area contributed by atoms with E-state index in [4.69, 9.17) is 0 Å². The van der Waals surface area contributed by atoms with Gasteiger partial charge in [0, 0.05) is 0 Å². The minimum Gasteiger partial charge on any atom is -0.273 e. The normalized spacial score (nSPS) is 12.9. The van der Waals surface area contributed by atoms with Gasteiger partial charge in [-0.2, -0.15) is 11.6 Å². The number of rotatable bonds is 2. The van der Waals surface area contributed by atoms with Crippen LogP contribution in [0.25, 0.3) is 0 Å². The molecule has 0 aliphatic heterocycles. The van der Waals surface area contributed by atoms with Gasteiger partial charge >= 0.3 is 112 Å². The van der Waals surface area contributed by atoms with Crippen LogP contribution in [0.4, 0.5) is 0 Å². The molecule has 30 heavy (non-hydrogen) atoms. The maximum absolute atomic E-state index is 3.12. The number of hydrogen-bond acceptors (Lipinski definition) is 0. The van der Waals surface area contributed by atoms with Crippen LogP contribution in [0.5, 0.6) is 0 Å². The summed E-state index contributed by atoms with van der Waals surface area (Å²) in [5.41, 5.74) is 8.33. The average Bonchev–Trinajstić information content (AvgIpc) is 3.39. The fourth-order valence-electron chi connectivity index (χ4n) is 2.81. The molecule has 0 spiro atoms. The molecule has 0 nitrogen and oxygen atoms in total. The Morgan fingerprint density at radius 3 is 1.60 bits per heavy atom. The van der Waals surface area contributed by atoms with Crippen molar-refractivity contribution in [2.24, 2.45) is 0 Å². The Balaban J connectivity index is 0.000000498. The predicted molar refractivity (Wildman–Crippen MR) is 132 cm³/mol. The van der Waals surface area contributed by atoms with E-state index in [9.17, 15) is 0 Å². The van der Waals surface area contributed by atoms with E-state index in [1.54, 1.807) is 0 Å². The largest absolute Gasteiger partial charge is 0.273 e. The second-order valence-corrected chi connectivity index (χ2v) is 8.23. The summed E-state index contributed by atoms with van der Waals surface area (Å²) in [5, 5.41) is 0. The fourth-order valence-corrected chi connectivity index (χ4v) is 4.19. The van der Waals surface area contributed by atoms with Crippen molar-refractivity contribution in [3.63, 3.8) is 0 Å². The van der Waals surface area contributed by atoms with Gasteiger partial charge in [-0.05, 0) is 0 Å². The van der Waals surface area contributed by atoms with Gasteiger partial charge in [0.05, 0.1) is 0 Å². The van der Waals surface area contributed by atoms with Crippen LogP contribution in [0, 0.1) is 26.0 Å². The van der Waals surface area contributed by atoms with Crippen molar-refractivity contribution in [2.75, 3.05) is 0 Å². The molecule has 0 saturated carbocycles. The molecule has 0 N–H and O–H groups in total. The van der Waals surface area contributed by atoms with Crippen molar-refractivity contribution < 1.29 is 24.2 Å². The van der Waals surface area contributed by atoms with Crippen LogP contribution in [-0.2, 0) is 24.2 Å². The molecule has 2 aliphatic carbocycles. The maximum atomic E-state index is 3.12. The molecular formula is C27H30Cl2Zr. The Kier molecular flexibility index (Phi) is 14.9. The second-order valence-electron chi connectivity index (χ2n) is 7.00. The van der Waals surface area contributed by atoms with Gasteiger partial charge in [-0.15, -0.1) is 44.6 Å². The molecule has 0 amide bonds. The van der Waals surface area contributed by atoms with Crippen LogP contribution in [0.1, 0.15) is 48.9 Å². The molecule has 156 valence electrons. The third-order valence-corrected chi connectivity index (χ3v) is 6.10. The van der Waals surface area contributed by atoms with E-state index in [2.05, 4.69) is 101 Å².